The number of rotatable bonds is 6. The quantitative estimate of drug-likeness (QED) is 0.453. The van der Waals surface area contributed by atoms with Gasteiger partial charge in [0.15, 0.2) is 0 Å². The Balaban J connectivity index is 1.57. The fraction of sp³-hybridized carbons (Fsp3) is 0.367. The van der Waals surface area contributed by atoms with Crippen LogP contribution in [0.1, 0.15) is 51.3 Å². The molecule has 1 aliphatic heterocycles. The van der Waals surface area contributed by atoms with Crippen LogP contribution in [0.15, 0.2) is 84.9 Å². The van der Waals surface area contributed by atoms with E-state index >= 15 is 0 Å². The van der Waals surface area contributed by atoms with Gasteiger partial charge in [-0.25, -0.2) is 4.79 Å². The van der Waals surface area contributed by atoms with Crippen molar-refractivity contribution in [1.82, 2.24) is 10.2 Å². The highest BCUT2D eigenvalue weighted by Gasteiger charge is 2.39. The molecule has 0 aromatic heterocycles. The maximum atomic E-state index is 13.1. The second-order valence-electron chi connectivity index (χ2n) is 10.2. The number of carbonyl (C=O) groups excluding carboxylic acids is 1. The van der Waals surface area contributed by atoms with Crippen LogP contribution in [0, 0.1) is 0 Å². The van der Waals surface area contributed by atoms with Crippen molar-refractivity contribution in [3.8, 4) is 11.1 Å². The summed E-state index contributed by atoms with van der Waals surface area (Å²) in [6.07, 6.45) is 1.45. The maximum absolute atomic E-state index is 13.1. The van der Waals surface area contributed by atoms with E-state index in [-0.39, 0.29) is 24.2 Å². The van der Waals surface area contributed by atoms with Crippen LogP contribution in [0.25, 0.3) is 11.1 Å². The van der Waals surface area contributed by atoms with E-state index in [4.69, 9.17) is 4.74 Å². The molecule has 1 N–H and O–H groups in total. The first-order valence-corrected chi connectivity index (χ1v) is 12.2. The lowest BCUT2D eigenvalue weighted by Gasteiger charge is -2.32. The maximum Gasteiger partial charge on any atom is 0.410 e. The number of hydrogen-bond donors (Lipinski definition) is 1. The molecule has 1 saturated heterocycles. The van der Waals surface area contributed by atoms with Crippen molar-refractivity contribution in [2.24, 2.45) is 0 Å². The Hall–Kier alpha value is -3.11. The molecule has 4 rings (SSSR count). The first-order chi connectivity index (χ1) is 16.3. The van der Waals surface area contributed by atoms with Crippen LogP contribution in [0.3, 0.4) is 0 Å². The van der Waals surface area contributed by atoms with Crippen LogP contribution in [0.4, 0.5) is 4.79 Å². The summed E-state index contributed by atoms with van der Waals surface area (Å²) in [5, 5.41) is 3.81. The van der Waals surface area contributed by atoms with E-state index in [9.17, 15) is 4.79 Å². The smallest absolute Gasteiger partial charge is 0.410 e. The van der Waals surface area contributed by atoms with Crippen molar-refractivity contribution >= 4 is 6.09 Å². The predicted molar refractivity (Wildman–Crippen MR) is 139 cm³/mol. The summed E-state index contributed by atoms with van der Waals surface area (Å²) in [5.74, 6) is 0. The van der Waals surface area contributed by atoms with E-state index < -0.39 is 5.60 Å². The zero-order valence-electron chi connectivity index (χ0n) is 20.7. The Kier molecular flexibility index (Phi) is 7.38. The van der Waals surface area contributed by atoms with Gasteiger partial charge in [0, 0.05) is 18.6 Å². The Morgan fingerprint density at radius 2 is 1.62 bits per heavy atom. The SMILES string of the molecule is CC(N[C@@H]1CCN(C(=O)OC(C)(C)C)[C@@H]1Cc1cccc(-c2ccccc2)c1)c1ccccc1. The average Bonchev–Trinajstić information content (AvgIpc) is 3.21. The molecule has 1 heterocycles. The van der Waals surface area contributed by atoms with E-state index in [1.54, 1.807) is 0 Å². The molecule has 0 aliphatic carbocycles. The molecule has 1 amide bonds. The van der Waals surface area contributed by atoms with Gasteiger partial charge >= 0.3 is 6.09 Å². The lowest BCUT2D eigenvalue weighted by Crippen LogP contribution is -2.48. The Labute approximate surface area is 204 Å². The van der Waals surface area contributed by atoms with Crippen LogP contribution in [0.2, 0.25) is 0 Å². The standard InChI is InChI=1S/C30H36N2O2/c1-22(24-13-7-5-8-14-24)31-27-18-19-32(29(33)34-30(2,3)4)28(27)21-23-12-11-17-26(20-23)25-15-9-6-10-16-25/h5-17,20,22,27-28,31H,18-19,21H2,1-4H3/t22?,27-,28-/m1/s1. The molecule has 1 aliphatic rings. The molecule has 0 saturated carbocycles. The monoisotopic (exact) mass is 456 g/mol. The number of hydrogen-bond acceptors (Lipinski definition) is 3. The van der Waals surface area contributed by atoms with E-state index in [0.717, 1.165) is 12.8 Å². The van der Waals surface area contributed by atoms with E-state index in [2.05, 4.69) is 85.0 Å². The van der Waals surface area contributed by atoms with Crippen LogP contribution >= 0.6 is 0 Å². The molecular formula is C30H36N2O2. The zero-order chi connectivity index (χ0) is 24.1. The van der Waals surface area contributed by atoms with Gasteiger partial charge in [0.25, 0.3) is 0 Å². The highest BCUT2D eigenvalue weighted by atomic mass is 16.6. The van der Waals surface area contributed by atoms with E-state index in [1.807, 2.05) is 37.8 Å². The van der Waals surface area contributed by atoms with Gasteiger partial charge in [-0.15, -0.1) is 0 Å². The average molecular weight is 457 g/mol. The number of nitrogens with zero attached hydrogens (tertiary/aromatic N) is 1. The van der Waals surface area contributed by atoms with Crippen molar-refractivity contribution in [3.63, 3.8) is 0 Å². The third-order valence-corrected chi connectivity index (χ3v) is 6.42. The molecule has 1 fully saturated rings. The third kappa shape index (κ3) is 6.06. The molecule has 3 aromatic carbocycles. The highest BCUT2D eigenvalue weighted by Crippen LogP contribution is 2.28. The summed E-state index contributed by atoms with van der Waals surface area (Å²) >= 11 is 0. The molecule has 178 valence electrons. The van der Waals surface area contributed by atoms with Crippen molar-refractivity contribution in [2.45, 2.75) is 64.3 Å². The number of amides is 1. The summed E-state index contributed by atoms with van der Waals surface area (Å²) in [5.41, 5.74) is 4.36. The van der Waals surface area contributed by atoms with Gasteiger partial charge in [0.05, 0.1) is 6.04 Å². The molecule has 1 unspecified atom stereocenters. The minimum Gasteiger partial charge on any atom is -0.444 e. The first-order valence-electron chi connectivity index (χ1n) is 12.2. The van der Waals surface area contributed by atoms with Crippen LogP contribution in [-0.4, -0.2) is 35.2 Å². The summed E-state index contributed by atoms with van der Waals surface area (Å²) in [6.45, 7) is 8.65. The van der Waals surface area contributed by atoms with Gasteiger partial charge in [-0.05, 0) is 62.8 Å². The van der Waals surface area contributed by atoms with Crippen molar-refractivity contribution in [2.75, 3.05) is 6.54 Å². The summed E-state index contributed by atoms with van der Waals surface area (Å²) in [4.78, 5) is 15.1. The Morgan fingerprint density at radius 3 is 2.29 bits per heavy atom. The molecule has 3 atom stereocenters. The lowest BCUT2D eigenvalue weighted by molar-refractivity contribution is 0.0214. The topological polar surface area (TPSA) is 41.6 Å². The number of benzene rings is 3. The lowest BCUT2D eigenvalue weighted by atomic mass is 9.96. The zero-order valence-corrected chi connectivity index (χ0v) is 20.7. The van der Waals surface area contributed by atoms with E-state index in [1.165, 1.54) is 22.3 Å². The van der Waals surface area contributed by atoms with Crippen molar-refractivity contribution in [1.29, 1.82) is 0 Å². The molecule has 0 radical (unpaired) electrons. The molecule has 0 spiro atoms. The van der Waals surface area contributed by atoms with Crippen molar-refractivity contribution in [3.05, 3.63) is 96.1 Å². The second-order valence-corrected chi connectivity index (χ2v) is 10.2. The second kappa shape index (κ2) is 10.4. The summed E-state index contributed by atoms with van der Waals surface area (Å²) < 4.78 is 5.78. The van der Waals surface area contributed by atoms with Gasteiger partial charge in [-0.2, -0.15) is 0 Å². The van der Waals surface area contributed by atoms with Gasteiger partial charge in [0.1, 0.15) is 5.60 Å². The van der Waals surface area contributed by atoms with Gasteiger partial charge in [0.2, 0.25) is 0 Å². The fourth-order valence-corrected chi connectivity index (χ4v) is 4.76. The Morgan fingerprint density at radius 1 is 0.971 bits per heavy atom. The summed E-state index contributed by atoms with van der Waals surface area (Å²) in [6, 6.07) is 30.0. The minimum atomic E-state index is -0.516. The van der Waals surface area contributed by atoms with E-state index in [0.29, 0.717) is 6.54 Å². The number of ether oxygens (including phenoxy) is 1. The van der Waals surface area contributed by atoms with Crippen LogP contribution < -0.4 is 5.32 Å². The fourth-order valence-electron chi connectivity index (χ4n) is 4.76. The highest BCUT2D eigenvalue weighted by molar-refractivity contribution is 5.69. The Bertz CT molecular complexity index is 1080. The summed E-state index contributed by atoms with van der Waals surface area (Å²) in [7, 11) is 0. The van der Waals surface area contributed by atoms with Gasteiger partial charge < -0.3 is 15.0 Å². The molecule has 0 bridgehead atoms. The molecule has 4 heteroatoms. The third-order valence-electron chi connectivity index (χ3n) is 6.42. The molecule has 4 nitrogen and oxygen atoms in total. The number of likely N-dealkylation sites (tertiary alicyclic amines) is 1. The number of nitrogens with one attached hydrogen (secondary N) is 1. The van der Waals surface area contributed by atoms with Gasteiger partial charge in [-0.3, -0.25) is 0 Å². The number of carbonyl (C=O) groups is 1. The predicted octanol–water partition coefficient (Wildman–Crippen LogP) is 6.62. The molecular weight excluding hydrogens is 420 g/mol. The van der Waals surface area contributed by atoms with Crippen molar-refractivity contribution < 1.29 is 9.53 Å². The molecule has 34 heavy (non-hydrogen) atoms. The first kappa shape index (κ1) is 24.0. The molecule has 3 aromatic rings. The van der Waals surface area contributed by atoms with Crippen LogP contribution in [0.5, 0.6) is 0 Å². The minimum absolute atomic E-state index is 0.0204. The normalized spacial score (nSPS) is 19.1. The van der Waals surface area contributed by atoms with Gasteiger partial charge in [-0.1, -0.05) is 84.9 Å². The van der Waals surface area contributed by atoms with Crippen LogP contribution in [-0.2, 0) is 11.2 Å². The largest absolute Gasteiger partial charge is 0.444 e.